The van der Waals surface area contributed by atoms with E-state index in [-0.39, 0.29) is 25.0 Å². The van der Waals surface area contributed by atoms with Gasteiger partial charge in [0.15, 0.2) is 0 Å². The van der Waals surface area contributed by atoms with Crippen molar-refractivity contribution < 1.29 is 14.3 Å². The molecule has 0 aliphatic rings. The van der Waals surface area contributed by atoms with Crippen LogP contribution in [0, 0.1) is 0 Å². The van der Waals surface area contributed by atoms with Crippen molar-refractivity contribution in [3.8, 4) is 22.4 Å². The third kappa shape index (κ3) is 7.15. The molecule has 0 spiro atoms. The average Bonchev–Trinajstić information content (AvgIpc) is 3.38. The molecule has 3 heterocycles. The number of amides is 2. The highest BCUT2D eigenvalue weighted by molar-refractivity contribution is 5.98. The van der Waals surface area contributed by atoms with Crippen LogP contribution < -0.4 is 10.6 Å². The number of H-pyrrole nitrogens is 1. The zero-order valence-electron chi connectivity index (χ0n) is 23.8. The number of anilines is 1. The molecule has 42 heavy (non-hydrogen) atoms. The van der Waals surface area contributed by atoms with Gasteiger partial charge in [-0.15, -0.1) is 0 Å². The molecule has 10 nitrogen and oxygen atoms in total. The molecule has 2 aromatic carbocycles. The molecule has 5 rings (SSSR count). The molecule has 0 aliphatic heterocycles. The summed E-state index contributed by atoms with van der Waals surface area (Å²) < 4.78 is 5.47. The van der Waals surface area contributed by atoms with Gasteiger partial charge in [-0.25, -0.2) is 9.78 Å². The summed E-state index contributed by atoms with van der Waals surface area (Å²) in [5.74, 6) is -0.00365. The van der Waals surface area contributed by atoms with Gasteiger partial charge in [0.25, 0.3) is 0 Å². The van der Waals surface area contributed by atoms with E-state index in [0.717, 1.165) is 51.1 Å². The lowest BCUT2D eigenvalue weighted by molar-refractivity contribution is -0.144. The summed E-state index contributed by atoms with van der Waals surface area (Å²) in [7, 11) is 4.04. The fourth-order valence-electron chi connectivity index (χ4n) is 4.64. The van der Waals surface area contributed by atoms with Gasteiger partial charge in [-0.1, -0.05) is 30.3 Å². The van der Waals surface area contributed by atoms with Crippen LogP contribution in [0.15, 0.2) is 79.3 Å². The van der Waals surface area contributed by atoms with E-state index in [1.807, 2.05) is 81.7 Å². The summed E-state index contributed by atoms with van der Waals surface area (Å²) in [5, 5.41) is 5.47. The monoisotopic (exact) mass is 563 g/mol. The van der Waals surface area contributed by atoms with Crippen molar-refractivity contribution in [1.82, 2.24) is 30.2 Å². The van der Waals surface area contributed by atoms with E-state index in [1.165, 1.54) is 0 Å². The minimum Gasteiger partial charge on any atom is -0.461 e. The van der Waals surface area contributed by atoms with Gasteiger partial charge in [-0.3, -0.25) is 20.1 Å². The summed E-state index contributed by atoms with van der Waals surface area (Å²) in [5.41, 5.74) is 7.44. The Bertz CT molecular complexity index is 1700. The van der Waals surface area contributed by atoms with Crippen LogP contribution >= 0.6 is 0 Å². The van der Waals surface area contributed by atoms with Crippen molar-refractivity contribution in [3.05, 3.63) is 95.9 Å². The quantitative estimate of drug-likeness (QED) is 0.200. The highest BCUT2D eigenvalue weighted by atomic mass is 16.5. The number of aromatic nitrogens is 4. The highest BCUT2D eigenvalue weighted by Crippen LogP contribution is 2.33. The first-order valence-electron chi connectivity index (χ1n) is 13.7. The van der Waals surface area contributed by atoms with Crippen LogP contribution in [-0.2, 0) is 29.1 Å². The number of aromatic amines is 1. The van der Waals surface area contributed by atoms with Crippen molar-refractivity contribution >= 4 is 29.0 Å². The predicted molar refractivity (Wildman–Crippen MR) is 163 cm³/mol. The fraction of sp³-hybridized carbons (Fsp3) is 0.219. The largest absolute Gasteiger partial charge is 0.461 e. The molecule has 214 valence electrons. The Kier molecular flexibility index (Phi) is 8.84. The van der Waals surface area contributed by atoms with Gasteiger partial charge in [-0.05, 0) is 73.6 Å². The second-order valence-corrected chi connectivity index (χ2v) is 10.2. The Morgan fingerprint density at radius 1 is 0.952 bits per heavy atom. The zero-order chi connectivity index (χ0) is 29.5. The molecule has 0 saturated heterocycles. The van der Waals surface area contributed by atoms with E-state index in [2.05, 4.69) is 35.5 Å². The third-order valence-corrected chi connectivity index (χ3v) is 6.48. The SMILES string of the molecule is CCNC(=O)Nc1nc2cc(-c3cncc(CC(=O)OCc4ccccc4)c3)cc(-c3cc(CN(C)C)ccn3)c2[nH]1. The molecule has 0 saturated carbocycles. The lowest BCUT2D eigenvalue weighted by Gasteiger charge is -2.12. The first-order chi connectivity index (χ1) is 20.4. The maximum Gasteiger partial charge on any atom is 0.321 e. The first-order valence-corrected chi connectivity index (χ1v) is 13.7. The maximum absolute atomic E-state index is 12.6. The Balaban J connectivity index is 1.48. The number of esters is 1. The summed E-state index contributed by atoms with van der Waals surface area (Å²) in [6.45, 7) is 3.32. The Morgan fingerprint density at radius 2 is 1.79 bits per heavy atom. The van der Waals surface area contributed by atoms with E-state index in [4.69, 9.17) is 4.74 Å². The van der Waals surface area contributed by atoms with Gasteiger partial charge in [0.1, 0.15) is 6.61 Å². The van der Waals surface area contributed by atoms with Gasteiger partial charge >= 0.3 is 12.0 Å². The van der Waals surface area contributed by atoms with Crippen molar-refractivity contribution in [3.63, 3.8) is 0 Å². The summed E-state index contributed by atoms with van der Waals surface area (Å²) in [6, 6.07) is 19.1. The summed E-state index contributed by atoms with van der Waals surface area (Å²) in [6.07, 6.45) is 5.31. The summed E-state index contributed by atoms with van der Waals surface area (Å²) in [4.78, 5) is 43.8. The van der Waals surface area contributed by atoms with Crippen LogP contribution in [-0.4, -0.2) is 57.5 Å². The maximum atomic E-state index is 12.6. The molecule has 5 aromatic rings. The number of rotatable bonds is 10. The molecule has 2 amide bonds. The van der Waals surface area contributed by atoms with Crippen LogP contribution in [0.4, 0.5) is 10.7 Å². The minimum absolute atomic E-state index is 0.0971. The van der Waals surface area contributed by atoms with E-state index in [0.29, 0.717) is 18.0 Å². The number of carbonyl (C=O) groups excluding carboxylic acids is 2. The van der Waals surface area contributed by atoms with Gasteiger partial charge in [-0.2, -0.15) is 0 Å². The minimum atomic E-state index is -0.347. The smallest absolute Gasteiger partial charge is 0.321 e. The standard InChI is InChI=1S/C32H33N7O3/c1-4-34-32(41)38-31-36-28-16-24(15-26(30(28)37-31)27-13-22(10-11-35-27)19-39(2)3)25-12-23(17-33-18-25)14-29(40)42-20-21-8-6-5-7-9-21/h5-13,15-18H,4,14,19-20H2,1-3H3,(H3,34,36,37,38,41). The van der Waals surface area contributed by atoms with Crippen LogP contribution in [0.25, 0.3) is 33.4 Å². The van der Waals surface area contributed by atoms with Crippen molar-refractivity contribution in [2.75, 3.05) is 26.0 Å². The Labute approximate surface area is 244 Å². The molecule has 0 atom stereocenters. The molecular weight excluding hydrogens is 530 g/mol. The lowest BCUT2D eigenvalue weighted by Crippen LogP contribution is -2.28. The molecule has 10 heteroatoms. The Hall–Kier alpha value is -5.09. The molecule has 0 bridgehead atoms. The Morgan fingerprint density at radius 3 is 2.57 bits per heavy atom. The van der Waals surface area contributed by atoms with E-state index in [1.54, 1.807) is 18.6 Å². The van der Waals surface area contributed by atoms with Crippen LogP contribution in [0.1, 0.15) is 23.6 Å². The van der Waals surface area contributed by atoms with Crippen molar-refractivity contribution in [2.24, 2.45) is 0 Å². The van der Waals surface area contributed by atoms with Crippen molar-refractivity contribution in [2.45, 2.75) is 26.5 Å². The second-order valence-electron chi connectivity index (χ2n) is 10.2. The fourth-order valence-corrected chi connectivity index (χ4v) is 4.64. The number of benzene rings is 2. The number of urea groups is 1. The number of hydrogen-bond donors (Lipinski definition) is 3. The number of fused-ring (bicyclic) bond motifs is 1. The number of imidazole rings is 1. The van der Waals surface area contributed by atoms with Crippen LogP contribution in [0.3, 0.4) is 0 Å². The molecule has 3 N–H and O–H groups in total. The van der Waals surface area contributed by atoms with Gasteiger partial charge < -0.3 is 19.9 Å². The molecule has 0 aliphatic carbocycles. The second kappa shape index (κ2) is 13.0. The average molecular weight is 564 g/mol. The molecule has 3 aromatic heterocycles. The first kappa shape index (κ1) is 28.4. The number of carbonyl (C=O) groups is 2. The van der Waals surface area contributed by atoms with Gasteiger partial charge in [0, 0.05) is 42.8 Å². The number of ether oxygens (including phenoxy) is 1. The lowest BCUT2D eigenvalue weighted by atomic mass is 9.99. The number of hydrogen-bond acceptors (Lipinski definition) is 7. The number of nitrogens with zero attached hydrogens (tertiary/aromatic N) is 4. The molecular formula is C32H33N7O3. The molecule has 0 fully saturated rings. The van der Waals surface area contributed by atoms with E-state index in [9.17, 15) is 9.59 Å². The topological polar surface area (TPSA) is 125 Å². The third-order valence-electron chi connectivity index (χ3n) is 6.48. The van der Waals surface area contributed by atoms with Gasteiger partial charge in [0.05, 0.1) is 23.1 Å². The van der Waals surface area contributed by atoms with Crippen molar-refractivity contribution in [1.29, 1.82) is 0 Å². The predicted octanol–water partition coefficient (Wildman–Crippen LogP) is 5.18. The summed E-state index contributed by atoms with van der Waals surface area (Å²) >= 11 is 0. The molecule has 0 unspecified atom stereocenters. The highest BCUT2D eigenvalue weighted by Gasteiger charge is 2.16. The van der Waals surface area contributed by atoms with E-state index < -0.39 is 0 Å². The normalized spacial score (nSPS) is 11.0. The number of pyridine rings is 2. The van der Waals surface area contributed by atoms with Crippen LogP contribution in [0.2, 0.25) is 0 Å². The van der Waals surface area contributed by atoms with E-state index >= 15 is 0 Å². The van der Waals surface area contributed by atoms with Gasteiger partial charge in [0.2, 0.25) is 5.95 Å². The molecule has 0 radical (unpaired) electrons. The van der Waals surface area contributed by atoms with Crippen LogP contribution in [0.5, 0.6) is 0 Å². The zero-order valence-corrected chi connectivity index (χ0v) is 23.8. The number of nitrogens with one attached hydrogen (secondary N) is 3.